The van der Waals surface area contributed by atoms with E-state index in [-0.39, 0.29) is 6.04 Å². The highest BCUT2D eigenvalue weighted by atomic mass is 35.5. The highest BCUT2D eigenvalue weighted by Gasteiger charge is 2.16. The van der Waals surface area contributed by atoms with Gasteiger partial charge in [0.25, 0.3) is 0 Å². The van der Waals surface area contributed by atoms with Gasteiger partial charge < -0.3 is 15.8 Å². The van der Waals surface area contributed by atoms with Gasteiger partial charge in [0, 0.05) is 11.1 Å². The van der Waals surface area contributed by atoms with Crippen molar-refractivity contribution in [1.82, 2.24) is 9.78 Å². The van der Waals surface area contributed by atoms with Crippen molar-refractivity contribution in [2.45, 2.75) is 26.8 Å². The number of benzene rings is 1. The summed E-state index contributed by atoms with van der Waals surface area (Å²) in [5.41, 5.74) is 8.28. The maximum Gasteiger partial charge on any atom is 0.152 e. The number of hydrogen-bond acceptors (Lipinski definition) is 4. The Bertz CT molecular complexity index is 622. The molecule has 0 aliphatic heterocycles. The van der Waals surface area contributed by atoms with Crippen LogP contribution in [-0.4, -0.2) is 16.9 Å². The van der Waals surface area contributed by atoms with E-state index < -0.39 is 0 Å². The van der Waals surface area contributed by atoms with E-state index in [9.17, 15) is 0 Å². The number of rotatable bonds is 4. The Morgan fingerprint density at radius 1 is 1.40 bits per heavy atom. The molecule has 0 radical (unpaired) electrons. The predicted octanol–water partition coefficient (Wildman–Crippen LogP) is 3.76. The average molecular weight is 295 g/mol. The van der Waals surface area contributed by atoms with Crippen LogP contribution in [0.5, 0.6) is 5.75 Å². The van der Waals surface area contributed by atoms with Gasteiger partial charge in [0.2, 0.25) is 0 Å². The molecule has 0 amide bonds. The summed E-state index contributed by atoms with van der Waals surface area (Å²) in [4.78, 5) is 0. The Kier molecular flexibility index (Phi) is 4.09. The molecule has 0 aliphatic rings. The fourth-order valence-electron chi connectivity index (χ4n) is 1.96. The van der Waals surface area contributed by atoms with Gasteiger partial charge in [-0.15, -0.1) is 0 Å². The Hall–Kier alpha value is -1.88. The first-order chi connectivity index (χ1) is 9.43. The van der Waals surface area contributed by atoms with Crippen LogP contribution < -0.4 is 15.8 Å². The molecule has 0 bridgehead atoms. The number of ether oxygens (including phenoxy) is 1. The van der Waals surface area contributed by atoms with Crippen molar-refractivity contribution < 1.29 is 4.74 Å². The van der Waals surface area contributed by atoms with Gasteiger partial charge >= 0.3 is 0 Å². The minimum absolute atomic E-state index is 0.193. The number of aromatic nitrogens is 2. The number of halogens is 1. The van der Waals surface area contributed by atoms with Crippen LogP contribution in [0, 0.1) is 6.92 Å². The molecule has 108 valence electrons. The third kappa shape index (κ3) is 2.67. The Morgan fingerprint density at radius 3 is 2.70 bits per heavy atom. The van der Waals surface area contributed by atoms with Crippen LogP contribution in [0.2, 0.25) is 5.02 Å². The van der Waals surface area contributed by atoms with Crippen molar-refractivity contribution in [3.63, 3.8) is 0 Å². The molecule has 0 aliphatic carbocycles. The molecule has 3 N–H and O–H groups in total. The van der Waals surface area contributed by atoms with Crippen LogP contribution in [0.3, 0.4) is 0 Å². The molecule has 20 heavy (non-hydrogen) atoms. The first-order valence-corrected chi connectivity index (χ1v) is 6.77. The number of nitrogens with two attached hydrogens (primary N) is 1. The summed E-state index contributed by atoms with van der Waals surface area (Å²) in [7, 11) is 1.61. The zero-order valence-corrected chi connectivity index (χ0v) is 12.8. The van der Waals surface area contributed by atoms with Crippen LogP contribution in [0.1, 0.15) is 25.6 Å². The topological polar surface area (TPSA) is 65.1 Å². The number of nitrogen functional groups attached to an aromatic ring is 1. The number of nitrogens with one attached hydrogen (secondary N) is 1. The molecule has 5 nitrogen and oxygen atoms in total. The van der Waals surface area contributed by atoms with Gasteiger partial charge in [0.15, 0.2) is 5.82 Å². The summed E-state index contributed by atoms with van der Waals surface area (Å²) < 4.78 is 7.18. The third-order valence-corrected chi connectivity index (χ3v) is 3.27. The second kappa shape index (κ2) is 5.63. The first kappa shape index (κ1) is 14.5. The first-order valence-electron chi connectivity index (χ1n) is 6.39. The van der Waals surface area contributed by atoms with E-state index in [4.69, 9.17) is 22.1 Å². The zero-order valence-electron chi connectivity index (χ0n) is 12.1. The van der Waals surface area contributed by atoms with Gasteiger partial charge in [-0.05, 0) is 39.0 Å². The largest absolute Gasteiger partial charge is 0.495 e. The lowest BCUT2D eigenvalue weighted by atomic mass is 10.2. The second-order valence-electron chi connectivity index (χ2n) is 4.86. The van der Waals surface area contributed by atoms with Gasteiger partial charge in [0.05, 0.1) is 24.2 Å². The van der Waals surface area contributed by atoms with Crippen molar-refractivity contribution in [2.75, 3.05) is 18.2 Å². The van der Waals surface area contributed by atoms with E-state index in [0.717, 1.165) is 17.2 Å². The fourth-order valence-corrected chi connectivity index (χ4v) is 2.14. The van der Waals surface area contributed by atoms with Crippen molar-refractivity contribution in [1.29, 1.82) is 0 Å². The molecular formula is C14H19ClN4O. The number of methoxy groups -OCH3 is 1. The van der Waals surface area contributed by atoms with Crippen molar-refractivity contribution >= 4 is 28.8 Å². The SMILES string of the molecule is COc1ccc(Cl)cc1Nc1c(N)c(C)nn1C(C)C. The van der Waals surface area contributed by atoms with Gasteiger partial charge in [-0.3, -0.25) is 0 Å². The Labute approximate surface area is 123 Å². The monoisotopic (exact) mass is 294 g/mol. The third-order valence-electron chi connectivity index (χ3n) is 3.04. The van der Waals surface area contributed by atoms with Crippen LogP contribution in [0.15, 0.2) is 18.2 Å². The molecule has 0 spiro atoms. The van der Waals surface area contributed by atoms with E-state index in [1.807, 2.05) is 31.5 Å². The molecule has 0 saturated carbocycles. The highest BCUT2D eigenvalue weighted by Crippen LogP contribution is 2.34. The van der Waals surface area contributed by atoms with Crippen LogP contribution in [0.25, 0.3) is 0 Å². The molecule has 0 atom stereocenters. The van der Waals surface area contributed by atoms with Crippen LogP contribution in [0.4, 0.5) is 17.2 Å². The zero-order chi connectivity index (χ0) is 14.9. The molecule has 1 aromatic heterocycles. The van der Waals surface area contributed by atoms with E-state index >= 15 is 0 Å². The van der Waals surface area contributed by atoms with Crippen molar-refractivity contribution in [3.8, 4) is 5.75 Å². The van der Waals surface area contributed by atoms with E-state index in [1.165, 1.54) is 0 Å². The number of anilines is 3. The van der Waals surface area contributed by atoms with Gasteiger partial charge in [-0.1, -0.05) is 11.6 Å². The normalized spacial score (nSPS) is 10.9. The summed E-state index contributed by atoms with van der Waals surface area (Å²) >= 11 is 6.04. The lowest BCUT2D eigenvalue weighted by molar-refractivity contribution is 0.416. The standard InChI is InChI=1S/C14H19ClN4O/c1-8(2)19-14(13(16)9(3)18-19)17-11-7-10(15)5-6-12(11)20-4/h5-8,17H,16H2,1-4H3. The maximum atomic E-state index is 6.10. The molecule has 1 aromatic carbocycles. The molecule has 0 unspecified atom stereocenters. The summed E-state index contributed by atoms with van der Waals surface area (Å²) in [6.07, 6.45) is 0. The molecule has 1 heterocycles. The highest BCUT2D eigenvalue weighted by molar-refractivity contribution is 6.31. The number of nitrogens with zero attached hydrogens (tertiary/aromatic N) is 2. The predicted molar refractivity (Wildman–Crippen MR) is 83.0 cm³/mol. The van der Waals surface area contributed by atoms with E-state index in [2.05, 4.69) is 10.4 Å². The Morgan fingerprint density at radius 2 is 2.10 bits per heavy atom. The Balaban J connectivity index is 2.47. The van der Waals surface area contributed by atoms with Crippen LogP contribution >= 0.6 is 11.6 Å². The van der Waals surface area contributed by atoms with Crippen LogP contribution in [-0.2, 0) is 0 Å². The lowest BCUT2D eigenvalue weighted by Crippen LogP contribution is -2.08. The minimum atomic E-state index is 0.193. The van der Waals surface area contributed by atoms with E-state index in [1.54, 1.807) is 19.2 Å². The van der Waals surface area contributed by atoms with Crippen molar-refractivity contribution in [3.05, 3.63) is 28.9 Å². The van der Waals surface area contributed by atoms with Gasteiger partial charge in [-0.2, -0.15) is 5.10 Å². The molecular weight excluding hydrogens is 276 g/mol. The number of hydrogen-bond donors (Lipinski definition) is 2. The average Bonchev–Trinajstić information content (AvgIpc) is 2.67. The van der Waals surface area contributed by atoms with Gasteiger partial charge in [0.1, 0.15) is 5.75 Å². The van der Waals surface area contributed by atoms with Gasteiger partial charge in [-0.25, -0.2) is 4.68 Å². The molecule has 0 fully saturated rings. The van der Waals surface area contributed by atoms with Crippen molar-refractivity contribution in [2.24, 2.45) is 0 Å². The quantitative estimate of drug-likeness (QED) is 0.901. The second-order valence-corrected chi connectivity index (χ2v) is 5.29. The maximum absolute atomic E-state index is 6.10. The lowest BCUT2D eigenvalue weighted by Gasteiger charge is -2.15. The summed E-state index contributed by atoms with van der Waals surface area (Å²) in [5, 5.41) is 8.33. The summed E-state index contributed by atoms with van der Waals surface area (Å²) in [6.45, 7) is 5.98. The fraction of sp³-hybridized carbons (Fsp3) is 0.357. The number of aryl methyl sites for hydroxylation is 1. The minimum Gasteiger partial charge on any atom is -0.495 e. The summed E-state index contributed by atoms with van der Waals surface area (Å²) in [6, 6.07) is 5.58. The smallest absolute Gasteiger partial charge is 0.152 e. The van der Waals surface area contributed by atoms with E-state index in [0.29, 0.717) is 16.5 Å². The summed E-state index contributed by atoms with van der Waals surface area (Å²) in [5.74, 6) is 1.45. The molecule has 0 saturated heterocycles. The molecule has 2 rings (SSSR count). The molecule has 2 aromatic rings. The molecule has 6 heteroatoms.